The molecular weight excluding hydrogens is 308 g/mol. The predicted octanol–water partition coefficient (Wildman–Crippen LogP) is 2.84. The molecule has 0 aliphatic carbocycles. The fraction of sp³-hybridized carbons (Fsp3) is 0.889. The van der Waals surface area contributed by atoms with Gasteiger partial charge in [0.1, 0.15) is 5.60 Å². The van der Waals surface area contributed by atoms with E-state index in [1.165, 1.54) is 0 Å². The van der Waals surface area contributed by atoms with Crippen LogP contribution in [0.25, 0.3) is 0 Å². The van der Waals surface area contributed by atoms with Crippen LogP contribution in [-0.2, 0) is 9.53 Å². The van der Waals surface area contributed by atoms with Gasteiger partial charge in [-0.15, -0.1) is 0 Å². The highest BCUT2D eigenvalue weighted by Crippen LogP contribution is 2.13. The molecule has 0 aromatic rings. The topological polar surface area (TPSA) is 87.7 Å². The monoisotopic (exact) mass is 344 g/mol. The van der Waals surface area contributed by atoms with Crippen LogP contribution in [0.4, 0.5) is 4.79 Å². The van der Waals surface area contributed by atoms with Crippen molar-refractivity contribution in [3.63, 3.8) is 0 Å². The SMILES string of the molecule is CCC(C)CNC(=O)C[C@H](O)[C@H](CC(C)C)NC(=O)OC(C)(C)C. The number of aliphatic hydroxyl groups is 1. The van der Waals surface area contributed by atoms with Gasteiger partial charge in [-0.3, -0.25) is 4.79 Å². The quantitative estimate of drug-likeness (QED) is 0.600. The van der Waals surface area contributed by atoms with E-state index in [2.05, 4.69) is 24.5 Å². The largest absolute Gasteiger partial charge is 0.444 e. The van der Waals surface area contributed by atoms with Crippen LogP contribution in [0.3, 0.4) is 0 Å². The van der Waals surface area contributed by atoms with E-state index < -0.39 is 23.8 Å². The fourth-order valence-electron chi connectivity index (χ4n) is 2.12. The Balaban J connectivity index is 4.62. The van der Waals surface area contributed by atoms with Crippen molar-refractivity contribution in [1.82, 2.24) is 10.6 Å². The highest BCUT2D eigenvalue weighted by Gasteiger charge is 2.27. The van der Waals surface area contributed by atoms with Crippen molar-refractivity contribution >= 4 is 12.0 Å². The van der Waals surface area contributed by atoms with E-state index in [1.54, 1.807) is 20.8 Å². The molecule has 0 aliphatic heterocycles. The smallest absolute Gasteiger partial charge is 0.407 e. The van der Waals surface area contributed by atoms with Crippen LogP contribution in [0.15, 0.2) is 0 Å². The second-order valence-electron chi connectivity index (χ2n) is 7.97. The zero-order valence-electron chi connectivity index (χ0n) is 16.3. The van der Waals surface area contributed by atoms with E-state index in [4.69, 9.17) is 4.74 Å². The molecule has 0 aromatic heterocycles. The molecule has 142 valence electrons. The first-order valence-corrected chi connectivity index (χ1v) is 8.88. The molecule has 0 spiro atoms. The molecule has 0 saturated carbocycles. The summed E-state index contributed by atoms with van der Waals surface area (Å²) in [5.74, 6) is 0.461. The second-order valence-corrected chi connectivity index (χ2v) is 7.97. The zero-order chi connectivity index (χ0) is 18.9. The van der Waals surface area contributed by atoms with E-state index in [1.807, 2.05) is 13.8 Å². The Morgan fingerprint density at radius 1 is 1.17 bits per heavy atom. The lowest BCUT2D eigenvalue weighted by molar-refractivity contribution is -0.123. The molecule has 0 fully saturated rings. The summed E-state index contributed by atoms with van der Waals surface area (Å²) in [6.45, 7) is 14.1. The maximum Gasteiger partial charge on any atom is 0.407 e. The van der Waals surface area contributed by atoms with Gasteiger partial charge in [-0.05, 0) is 39.0 Å². The van der Waals surface area contributed by atoms with Gasteiger partial charge >= 0.3 is 6.09 Å². The molecule has 1 unspecified atom stereocenters. The lowest BCUT2D eigenvalue weighted by Crippen LogP contribution is -2.47. The third kappa shape index (κ3) is 11.3. The Morgan fingerprint density at radius 3 is 2.21 bits per heavy atom. The molecule has 2 amide bonds. The molecule has 0 aromatic carbocycles. The van der Waals surface area contributed by atoms with E-state index >= 15 is 0 Å². The van der Waals surface area contributed by atoms with Crippen LogP contribution >= 0.6 is 0 Å². The van der Waals surface area contributed by atoms with Gasteiger partial charge in [0.05, 0.1) is 18.6 Å². The van der Waals surface area contributed by atoms with E-state index in [-0.39, 0.29) is 18.2 Å². The van der Waals surface area contributed by atoms with E-state index in [9.17, 15) is 14.7 Å². The number of hydrogen-bond donors (Lipinski definition) is 3. The first kappa shape index (κ1) is 22.7. The van der Waals surface area contributed by atoms with Gasteiger partial charge in [-0.2, -0.15) is 0 Å². The van der Waals surface area contributed by atoms with Gasteiger partial charge in [0.15, 0.2) is 0 Å². The van der Waals surface area contributed by atoms with Crippen molar-refractivity contribution in [1.29, 1.82) is 0 Å². The number of amides is 2. The van der Waals surface area contributed by atoms with Crippen molar-refractivity contribution in [3.05, 3.63) is 0 Å². The van der Waals surface area contributed by atoms with Gasteiger partial charge in [0.25, 0.3) is 0 Å². The normalized spacial score (nSPS) is 15.5. The third-order valence-electron chi connectivity index (χ3n) is 3.63. The molecule has 0 aliphatic rings. The number of aliphatic hydroxyl groups excluding tert-OH is 1. The second kappa shape index (κ2) is 10.5. The minimum Gasteiger partial charge on any atom is -0.444 e. The first-order chi connectivity index (χ1) is 10.9. The van der Waals surface area contributed by atoms with Gasteiger partial charge in [0, 0.05) is 6.54 Å². The van der Waals surface area contributed by atoms with Crippen LogP contribution in [0.1, 0.15) is 67.7 Å². The number of alkyl carbamates (subject to hydrolysis) is 1. The Labute approximate surface area is 146 Å². The minimum atomic E-state index is -0.947. The molecule has 0 radical (unpaired) electrons. The maximum absolute atomic E-state index is 12.0. The van der Waals surface area contributed by atoms with Crippen LogP contribution in [-0.4, -0.2) is 41.4 Å². The zero-order valence-corrected chi connectivity index (χ0v) is 16.3. The average molecular weight is 344 g/mol. The number of hydrogen-bond acceptors (Lipinski definition) is 4. The third-order valence-corrected chi connectivity index (χ3v) is 3.63. The molecule has 6 heteroatoms. The minimum absolute atomic E-state index is 0.0381. The Bertz CT molecular complexity index is 391. The summed E-state index contributed by atoms with van der Waals surface area (Å²) in [4.78, 5) is 23.9. The highest BCUT2D eigenvalue weighted by atomic mass is 16.6. The Kier molecular flexibility index (Phi) is 9.97. The molecule has 3 N–H and O–H groups in total. The molecular formula is C18H36N2O4. The average Bonchev–Trinajstić information content (AvgIpc) is 2.41. The molecule has 0 saturated heterocycles. The highest BCUT2D eigenvalue weighted by molar-refractivity contribution is 5.76. The van der Waals surface area contributed by atoms with Crippen molar-refractivity contribution < 1.29 is 19.4 Å². The summed E-state index contributed by atoms with van der Waals surface area (Å²) in [7, 11) is 0. The van der Waals surface area contributed by atoms with E-state index in [0.29, 0.717) is 18.9 Å². The van der Waals surface area contributed by atoms with Crippen molar-refractivity contribution in [2.24, 2.45) is 11.8 Å². The number of nitrogens with one attached hydrogen (secondary N) is 2. The molecule has 24 heavy (non-hydrogen) atoms. The summed E-state index contributed by atoms with van der Waals surface area (Å²) >= 11 is 0. The summed E-state index contributed by atoms with van der Waals surface area (Å²) in [6, 6.07) is -0.519. The number of ether oxygens (including phenoxy) is 1. The van der Waals surface area contributed by atoms with Crippen molar-refractivity contribution in [2.75, 3.05) is 6.54 Å². The summed E-state index contributed by atoms with van der Waals surface area (Å²) in [5.41, 5.74) is -0.606. The fourth-order valence-corrected chi connectivity index (χ4v) is 2.12. The van der Waals surface area contributed by atoms with Crippen LogP contribution in [0.2, 0.25) is 0 Å². The predicted molar refractivity (Wildman–Crippen MR) is 95.7 cm³/mol. The summed E-state index contributed by atoms with van der Waals surface area (Å²) < 4.78 is 5.24. The van der Waals surface area contributed by atoms with Crippen LogP contribution < -0.4 is 10.6 Å². The molecule has 0 bridgehead atoms. The number of carbonyl (C=O) groups is 2. The lowest BCUT2D eigenvalue weighted by atomic mass is 9.97. The molecule has 6 nitrogen and oxygen atoms in total. The molecule has 0 heterocycles. The van der Waals surface area contributed by atoms with Gasteiger partial charge in [-0.25, -0.2) is 4.79 Å². The van der Waals surface area contributed by atoms with Crippen molar-refractivity contribution in [3.8, 4) is 0 Å². The standard InChI is InChI=1S/C18H36N2O4/c1-8-13(4)11-19-16(22)10-15(21)14(9-12(2)3)20-17(23)24-18(5,6)7/h12-15,21H,8-11H2,1-7H3,(H,19,22)(H,20,23)/t13?,14-,15-/m0/s1. The molecule has 3 atom stereocenters. The Morgan fingerprint density at radius 2 is 1.75 bits per heavy atom. The van der Waals surface area contributed by atoms with Crippen LogP contribution in [0, 0.1) is 11.8 Å². The summed E-state index contributed by atoms with van der Waals surface area (Å²) in [5, 5.41) is 15.9. The first-order valence-electron chi connectivity index (χ1n) is 8.88. The van der Waals surface area contributed by atoms with Gasteiger partial charge in [-0.1, -0.05) is 34.1 Å². The molecule has 0 rings (SSSR count). The van der Waals surface area contributed by atoms with Gasteiger partial charge in [0.2, 0.25) is 5.91 Å². The number of rotatable bonds is 9. The lowest BCUT2D eigenvalue weighted by Gasteiger charge is -2.27. The van der Waals surface area contributed by atoms with Gasteiger partial charge < -0.3 is 20.5 Å². The maximum atomic E-state index is 12.0. The summed E-state index contributed by atoms with van der Waals surface area (Å²) in [6.07, 6.45) is -0.00846. The number of carbonyl (C=O) groups excluding carboxylic acids is 2. The van der Waals surface area contributed by atoms with Crippen molar-refractivity contribution in [2.45, 2.75) is 85.5 Å². The Hall–Kier alpha value is -1.30. The van der Waals surface area contributed by atoms with E-state index in [0.717, 1.165) is 6.42 Å². The van der Waals surface area contributed by atoms with Crippen LogP contribution in [0.5, 0.6) is 0 Å².